The lowest BCUT2D eigenvalue weighted by Gasteiger charge is -2.30. The van der Waals surface area contributed by atoms with Crippen LogP contribution in [-0.2, 0) is 13.1 Å². The van der Waals surface area contributed by atoms with E-state index in [0.29, 0.717) is 41.0 Å². The number of hydrogen-bond acceptors (Lipinski definition) is 5. The molecule has 1 fully saturated rings. The average Bonchev–Trinajstić information content (AvgIpc) is 3.33. The van der Waals surface area contributed by atoms with E-state index in [1.807, 2.05) is 42.4 Å². The van der Waals surface area contributed by atoms with Crippen LogP contribution in [0.5, 0.6) is 0 Å². The van der Waals surface area contributed by atoms with Gasteiger partial charge in [-0.15, -0.1) is 23.4 Å². The van der Waals surface area contributed by atoms with Gasteiger partial charge in [0.25, 0.3) is 5.56 Å². The van der Waals surface area contributed by atoms with Crippen molar-refractivity contribution >= 4 is 34.4 Å². The molecule has 7 nitrogen and oxygen atoms in total. The van der Waals surface area contributed by atoms with Crippen molar-refractivity contribution in [2.24, 2.45) is 11.8 Å². The Balaban J connectivity index is 1.67. The highest BCUT2D eigenvalue weighted by molar-refractivity contribution is 8.03. The molecule has 32 heavy (non-hydrogen) atoms. The van der Waals surface area contributed by atoms with Crippen LogP contribution in [0.2, 0.25) is 0 Å². The van der Waals surface area contributed by atoms with E-state index in [9.17, 15) is 9.59 Å². The number of nitrogens with one attached hydrogen (secondary N) is 1. The van der Waals surface area contributed by atoms with Crippen LogP contribution in [0.3, 0.4) is 0 Å². The number of alkyl halides is 1. The molecule has 5 rings (SSSR count). The van der Waals surface area contributed by atoms with Crippen molar-refractivity contribution in [3.05, 3.63) is 56.3 Å². The van der Waals surface area contributed by atoms with E-state index in [1.54, 1.807) is 17.0 Å². The topological polar surface area (TPSA) is 85.6 Å². The van der Waals surface area contributed by atoms with Gasteiger partial charge in [-0.2, -0.15) is 5.10 Å². The van der Waals surface area contributed by atoms with E-state index in [4.69, 9.17) is 16.7 Å². The fraction of sp³-hybridized carbons (Fsp3) is 0.478. The van der Waals surface area contributed by atoms with E-state index in [1.165, 1.54) is 5.57 Å². The number of hydrogen-bond donors (Lipinski definition) is 1. The Morgan fingerprint density at radius 1 is 1.25 bits per heavy atom. The van der Waals surface area contributed by atoms with Crippen LogP contribution in [0.4, 0.5) is 0 Å². The molecular weight excluding hydrogens is 446 g/mol. The number of aromatic amines is 1. The second-order valence-electron chi connectivity index (χ2n) is 9.09. The molecule has 2 unspecified atom stereocenters. The zero-order valence-electron chi connectivity index (χ0n) is 18.1. The first-order valence-electron chi connectivity index (χ1n) is 11.0. The molecule has 1 N–H and O–H groups in total. The highest BCUT2D eigenvalue weighted by Gasteiger charge is 2.36. The second kappa shape index (κ2) is 8.56. The molecule has 0 saturated heterocycles. The van der Waals surface area contributed by atoms with Gasteiger partial charge in [-0.25, -0.2) is 4.79 Å². The number of thioether (sulfide) groups is 1. The summed E-state index contributed by atoms with van der Waals surface area (Å²) < 4.78 is 3.47. The molecule has 4 heterocycles. The summed E-state index contributed by atoms with van der Waals surface area (Å²) in [5, 5.41) is 8.30. The quantitative estimate of drug-likeness (QED) is 0.568. The summed E-state index contributed by atoms with van der Waals surface area (Å²) in [7, 11) is 0. The lowest BCUT2D eigenvalue weighted by molar-refractivity contribution is 0.411. The maximum atomic E-state index is 13.0. The Kier molecular flexibility index (Phi) is 5.75. The Morgan fingerprint density at radius 2 is 2.03 bits per heavy atom. The fourth-order valence-corrected chi connectivity index (χ4v) is 6.52. The largest absolute Gasteiger partial charge is 0.330 e. The lowest BCUT2D eigenvalue weighted by Crippen LogP contribution is -2.31. The third-order valence-electron chi connectivity index (χ3n) is 6.31. The zero-order chi connectivity index (χ0) is 22.4. The molecule has 1 aliphatic heterocycles. The fourth-order valence-electron chi connectivity index (χ4n) is 4.86. The maximum Gasteiger partial charge on any atom is 0.330 e. The van der Waals surface area contributed by atoms with Gasteiger partial charge in [0, 0.05) is 35.1 Å². The van der Waals surface area contributed by atoms with Gasteiger partial charge in [-0.1, -0.05) is 13.8 Å². The number of rotatable bonds is 5. The van der Waals surface area contributed by atoms with E-state index in [2.05, 4.69) is 15.4 Å². The van der Waals surface area contributed by atoms with Crippen LogP contribution in [0.1, 0.15) is 33.1 Å². The van der Waals surface area contributed by atoms with Gasteiger partial charge >= 0.3 is 5.69 Å². The standard InChI is InChI=1S/C23H26ClN5O2S/c1-13(2)10-28-21-19(22(30)26-23(28)31)20(14-5-7-25-8-6-14)29(27-21)11-15-12-32-18-4-3-16(24)9-17(15)18/h5-8,12-13,16-18H,3-4,9-11H2,1-2H3,(H,26,30,31)/t16?,17-,18?/m1/s1. The van der Waals surface area contributed by atoms with Gasteiger partial charge in [-0.05, 0) is 54.2 Å². The molecule has 3 atom stereocenters. The van der Waals surface area contributed by atoms with Crippen molar-refractivity contribution in [3.63, 3.8) is 0 Å². The molecule has 0 spiro atoms. The molecule has 1 aliphatic carbocycles. The normalized spacial score (nSPS) is 23.0. The molecule has 0 amide bonds. The Hall–Kier alpha value is -2.32. The minimum absolute atomic E-state index is 0.203. The van der Waals surface area contributed by atoms with Crippen molar-refractivity contribution in [2.45, 2.75) is 56.8 Å². The lowest BCUT2D eigenvalue weighted by atomic mass is 9.83. The molecule has 0 aromatic carbocycles. The second-order valence-corrected chi connectivity index (χ2v) is 10.8. The molecule has 3 aromatic rings. The summed E-state index contributed by atoms with van der Waals surface area (Å²) in [4.78, 5) is 32.2. The molecule has 3 aromatic heterocycles. The number of pyridine rings is 1. The summed E-state index contributed by atoms with van der Waals surface area (Å²) in [6.07, 6.45) is 6.56. The predicted octanol–water partition coefficient (Wildman–Crippen LogP) is 4.01. The van der Waals surface area contributed by atoms with Crippen LogP contribution < -0.4 is 11.2 Å². The number of halogens is 1. The first kappa shape index (κ1) is 21.5. The van der Waals surface area contributed by atoms with Crippen molar-refractivity contribution in [1.82, 2.24) is 24.3 Å². The summed E-state index contributed by atoms with van der Waals surface area (Å²) in [6, 6.07) is 3.75. The van der Waals surface area contributed by atoms with Crippen molar-refractivity contribution in [1.29, 1.82) is 0 Å². The smallest absolute Gasteiger partial charge is 0.276 e. The summed E-state index contributed by atoms with van der Waals surface area (Å²) in [5.74, 6) is 0.652. The molecule has 1 saturated carbocycles. The van der Waals surface area contributed by atoms with Crippen LogP contribution in [0, 0.1) is 11.8 Å². The Bertz CT molecular complexity index is 1290. The number of allylic oxidation sites excluding steroid dienone is 1. The molecule has 168 valence electrons. The summed E-state index contributed by atoms with van der Waals surface area (Å²) in [6.45, 7) is 5.13. The van der Waals surface area contributed by atoms with Gasteiger partial charge in [-0.3, -0.25) is 24.0 Å². The minimum Gasteiger partial charge on any atom is -0.276 e. The van der Waals surface area contributed by atoms with Crippen molar-refractivity contribution in [2.75, 3.05) is 0 Å². The van der Waals surface area contributed by atoms with E-state index >= 15 is 0 Å². The number of H-pyrrole nitrogens is 1. The predicted molar refractivity (Wildman–Crippen MR) is 129 cm³/mol. The Morgan fingerprint density at radius 3 is 2.78 bits per heavy atom. The number of aromatic nitrogens is 5. The number of nitrogens with zero attached hydrogens (tertiary/aromatic N) is 4. The van der Waals surface area contributed by atoms with Crippen LogP contribution >= 0.6 is 23.4 Å². The third kappa shape index (κ3) is 3.83. The van der Waals surface area contributed by atoms with Gasteiger partial charge in [0.2, 0.25) is 0 Å². The summed E-state index contributed by atoms with van der Waals surface area (Å²) in [5.41, 5.74) is 2.46. The van der Waals surface area contributed by atoms with Crippen molar-refractivity contribution < 1.29 is 0 Å². The monoisotopic (exact) mass is 471 g/mol. The van der Waals surface area contributed by atoms with Crippen LogP contribution in [-0.4, -0.2) is 34.9 Å². The SMILES string of the molecule is CC(C)Cn1c(=O)[nH]c(=O)c2c(-c3ccncc3)n(CC3=CSC4CCC(Cl)C[C@H]34)nc21. The van der Waals surface area contributed by atoms with Gasteiger partial charge in [0.15, 0.2) is 5.65 Å². The molecule has 2 aliphatic rings. The number of fused-ring (bicyclic) bond motifs is 2. The molecule has 0 bridgehead atoms. The van der Waals surface area contributed by atoms with E-state index < -0.39 is 11.2 Å². The van der Waals surface area contributed by atoms with Crippen LogP contribution in [0.25, 0.3) is 22.3 Å². The van der Waals surface area contributed by atoms with E-state index in [0.717, 1.165) is 24.8 Å². The minimum atomic E-state index is -0.421. The average molecular weight is 472 g/mol. The molecule has 9 heteroatoms. The molecule has 0 radical (unpaired) electrons. The first-order valence-corrected chi connectivity index (χ1v) is 12.4. The van der Waals surface area contributed by atoms with Crippen molar-refractivity contribution in [3.8, 4) is 11.3 Å². The zero-order valence-corrected chi connectivity index (χ0v) is 19.7. The Labute approximate surface area is 194 Å². The highest BCUT2D eigenvalue weighted by atomic mass is 35.5. The van der Waals surface area contributed by atoms with Gasteiger partial charge in [0.1, 0.15) is 5.39 Å². The maximum absolute atomic E-state index is 13.0. The van der Waals surface area contributed by atoms with Gasteiger partial charge < -0.3 is 0 Å². The highest BCUT2D eigenvalue weighted by Crippen LogP contribution is 2.46. The third-order valence-corrected chi connectivity index (χ3v) is 8.06. The molecular formula is C23H26ClN5O2S. The first-order chi connectivity index (χ1) is 15.4. The summed E-state index contributed by atoms with van der Waals surface area (Å²) >= 11 is 8.39. The van der Waals surface area contributed by atoms with E-state index in [-0.39, 0.29) is 11.3 Å². The van der Waals surface area contributed by atoms with Gasteiger partial charge in [0.05, 0.1) is 12.2 Å². The van der Waals surface area contributed by atoms with Crippen LogP contribution in [0.15, 0.2) is 45.1 Å².